The van der Waals surface area contributed by atoms with Crippen LogP contribution in [-0.4, -0.2) is 27.2 Å². The van der Waals surface area contributed by atoms with E-state index in [-0.39, 0.29) is 11.8 Å². The lowest BCUT2D eigenvalue weighted by molar-refractivity contribution is 0.378. The number of benzene rings is 1. The molecule has 7 heteroatoms. The van der Waals surface area contributed by atoms with Crippen molar-refractivity contribution in [2.75, 3.05) is 7.11 Å². The maximum Gasteiger partial charge on any atom is 0.316 e. The third-order valence-electron chi connectivity index (χ3n) is 4.76. The fourth-order valence-electron chi connectivity index (χ4n) is 3.51. The third kappa shape index (κ3) is 2.65. The highest BCUT2D eigenvalue weighted by Gasteiger charge is 2.43. The summed E-state index contributed by atoms with van der Waals surface area (Å²) in [6.07, 6.45) is 6.73. The number of rotatable bonds is 4. The fraction of sp³-hybridized carbons (Fsp3) is 0.333. The molecule has 6 nitrogen and oxygen atoms in total. The molecule has 128 valence electrons. The molecular formula is C18H17FN4O2. The highest BCUT2D eigenvalue weighted by Crippen LogP contribution is 2.46. The van der Waals surface area contributed by atoms with E-state index >= 15 is 0 Å². The van der Waals surface area contributed by atoms with Crippen molar-refractivity contribution in [3.8, 4) is 17.5 Å². The number of ether oxygens (including phenoxy) is 1. The van der Waals surface area contributed by atoms with Crippen LogP contribution in [0.3, 0.4) is 0 Å². The number of hydrogen-bond acceptors (Lipinski definition) is 6. The number of halogens is 1. The summed E-state index contributed by atoms with van der Waals surface area (Å²) in [5, 5.41) is 4.17. The van der Waals surface area contributed by atoms with Crippen LogP contribution in [-0.2, 0) is 5.41 Å². The normalized spacial score (nSPS) is 16.1. The second-order valence-corrected chi connectivity index (χ2v) is 6.15. The van der Waals surface area contributed by atoms with Crippen molar-refractivity contribution in [1.82, 2.24) is 20.1 Å². The van der Waals surface area contributed by atoms with Gasteiger partial charge in [-0.25, -0.2) is 14.4 Å². The van der Waals surface area contributed by atoms with Crippen molar-refractivity contribution in [2.45, 2.75) is 31.1 Å². The molecule has 3 aromatic rings. The Morgan fingerprint density at radius 1 is 1.12 bits per heavy atom. The molecular weight excluding hydrogens is 323 g/mol. The first-order valence-corrected chi connectivity index (χ1v) is 8.18. The van der Waals surface area contributed by atoms with Gasteiger partial charge in [-0.3, -0.25) is 0 Å². The molecule has 0 spiro atoms. The summed E-state index contributed by atoms with van der Waals surface area (Å²) in [6, 6.07) is 7.09. The van der Waals surface area contributed by atoms with Gasteiger partial charge < -0.3 is 9.26 Å². The molecule has 1 aliphatic rings. The molecule has 0 saturated heterocycles. The van der Waals surface area contributed by atoms with Gasteiger partial charge in [0.2, 0.25) is 0 Å². The number of methoxy groups -OCH3 is 1. The Kier molecular flexibility index (Phi) is 3.91. The number of hydrogen-bond donors (Lipinski definition) is 0. The van der Waals surface area contributed by atoms with Gasteiger partial charge in [0.05, 0.1) is 18.1 Å². The largest absolute Gasteiger partial charge is 0.467 e. The molecule has 0 radical (unpaired) electrons. The molecule has 2 heterocycles. The second kappa shape index (κ2) is 6.23. The van der Waals surface area contributed by atoms with Crippen LogP contribution >= 0.6 is 0 Å². The molecule has 25 heavy (non-hydrogen) atoms. The Labute approximate surface area is 144 Å². The SMILES string of the molecule is COc1ncc(-c2nc(C3(c4ccccc4F)CCCC3)no2)cn1. The van der Waals surface area contributed by atoms with Gasteiger partial charge >= 0.3 is 6.01 Å². The first kappa shape index (κ1) is 15.7. The van der Waals surface area contributed by atoms with Crippen molar-refractivity contribution < 1.29 is 13.7 Å². The molecule has 0 N–H and O–H groups in total. The zero-order valence-electron chi connectivity index (χ0n) is 13.8. The van der Waals surface area contributed by atoms with Crippen molar-refractivity contribution >= 4 is 0 Å². The summed E-state index contributed by atoms with van der Waals surface area (Å²) >= 11 is 0. The minimum Gasteiger partial charge on any atom is -0.467 e. The van der Waals surface area contributed by atoms with Gasteiger partial charge in [-0.15, -0.1) is 0 Å². The molecule has 1 aliphatic carbocycles. The summed E-state index contributed by atoms with van der Waals surface area (Å²) in [5.74, 6) is 0.602. The quantitative estimate of drug-likeness (QED) is 0.723. The molecule has 1 aromatic carbocycles. The zero-order chi connectivity index (χ0) is 17.3. The van der Waals surface area contributed by atoms with Gasteiger partial charge in [-0.05, 0) is 18.9 Å². The van der Waals surface area contributed by atoms with E-state index in [0.717, 1.165) is 25.7 Å². The van der Waals surface area contributed by atoms with E-state index in [1.165, 1.54) is 13.2 Å². The predicted octanol–water partition coefficient (Wildman–Crippen LogP) is 3.53. The lowest BCUT2D eigenvalue weighted by Crippen LogP contribution is -2.26. The van der Waals surface area contributed by atoms with Gasteiger partial charge in [0.1, 0.15) is 5.82 Å². The van der Waals surface area contributed by atoms with E-state index in [1.54, 1.807) is 18.5 Å². The zero-order valence-corrected chi connectivity index (χ0v) is 13.8. The lowest BCUT2D eigenvalue weighted by Gasteiger charge is -2.26. The lowest BCUT2D eigenvalue weighted by atomic mass is 9.78. The summed E-state index contributed by atoms with van der Waals surface area (Å²) in [7, 11) is 1.50. The summed E-state index contributed by atoms with van der Waals surface area (Å²) in [4.78, 5) is 12.6. The molecule has 1 fully saturated rings. The summed E-state index contributed by atoms with van der Waals surface area (Å²) < 4.78 is 24.8. The van der Waals surface area contributed by atoms with Crippen LogP contribution in [0.1, 0.15) is 37.1 Å². The first-order valence-electron chi connectivity index (χ1n) is 8.18. The van der Waals surface area contributed by atoms with Crippen molar-refractivity contribution in [3.05, 3.63) is 53.9 Å². The Balaban J connectivity index is 1.75. The van der Waals surface area contributed by atoms with Crippen molar-refractivity contribution in [2.24, 2.45) is 0 Å². The predicted molar refractivity (Wildman–Crippen MR) is 87.5 cm³/mol. The van der Waals surface area contributed by atoms with Crippen LogP contribution in [0.5, 0.6) is 6.01 Å². The minimum absolute atomic E-state index is 0.233. The van der Waals surface area contributed by atoms with Crippen LogP contribution in [0.15, 0.2) is 41.2 Å². The maximum atomic E-state index is 14.5. The molecule has 0 bridgehead atoms. The standard InChI is InChI=1S/C18H17FN4O2/c1-24-17-20-10-12(11-21-17)15-22-16(23-25-15)18(8-4-5-9-18)13-6-2-3-7-14(13)19/h2-3,6-7,10-11H,4-5,8-9H2,1H3. The van der Waals surface area contributed by atoms with Crippen LogP contribution in [0.4, 0.5) is 4.39 Å². The van der Waals surface area contributed by atoms with Crippen molar-refractivity contribution in [1.29, 1.82) is 0 Å². The molecule has 0 amide bonds. The molecule has 2 aromatic heterocycles. The smallest absolute Gasteiger partial charge is 0.316 e. The Hall–Kier alpha value is -2.83. The Morgan fingerprint density at radius 3 is 2.52 bits per heavy atom. The maximum absolute atomic E-state index is 14.5. The third-order valence-corrected chi connectivity index (χ3v) is 4.76. The van der Waals surface area contributed by atoms with E-state index in [4.69, 9.17) is 9.26 Å². The van der Waals surface area contributed by atoms with Gasteiger partial charge in [0.15, 0.2) is 5.82 Å². The monoisotopic (exact) mass is 340 g/mol. The highest BCUT2D eigenvalue weighted by molar-refractivity contribution is 5.50. The molecule has 0 aliphatic heterocycles. The van der Waals surface area contributed by atoms with Crippen molar-refractivity contribution in [3.63, 3.8) is 0 Å². The van der Waals surface area contributed by atoms with Crippen LogP contribution in [0.25, 0.3) is 11.5 Å². The van der Waals surface area contributed by atoms with Crippen LogP contribution in [0.2, 0.25) is 0 Å². The van der Waals surface area contributed by atoms with Crippen LogP contribution < -0.4 is 4.74 Å². The van der Waals surface area contributed by atoms with Gasteiger partial charge in [-0.2, -0.15) is 4.98 Å². The molecule has 0 atom stereocenters. The van der Waals surface area contributed by atoms with Gasteiger partial charge in [0, 0.05) is 18.0 Å². The number of nitrogens with zero attached hydrogens (tertiary/aromatic N) is 4. The van der Waals surface area contributed by atoms with Gasteiger partial charge in [-0.1, -0.05) is 36.2 Å². The molecule has 1 saturated carbocycles. The van der Waals surface area contributed by atoms with Gasteiger partial charge in [0.25, 0.3) is 5.89 Å². The van der Waals surface area contributed by atoms with E-state index < -0.39 is 5.41 Å². The summed E-state index contributed by atoms with van der Waals surface area (Å²) in [6.45, 7) is 0. The first-order chi connectivity index (χ1) is 12.2. The highest BCUT2D eigenvalue weighted by atomic mass is 19.1. The second-order valence-electron chi connectivity index (χ2n) is 6.15. The Morgan fingerprint density at radius 2 is 1.84 bits per heavy atom. The fourth-order valence-corrected chi connectivity index (χ4v) is 3.51. The van der Waals surface area contributed by atoms with E-state index in [9.17, 15) is 4.39 Å². The molecule has 0 unspecified atom stereocenters. The minimum atomic E-state index is -0.541. The van der Waals surface area contributed by atoms with E-state index in [0.29, 0.717) is 22.8 Å². The topological polar surface area (TPSA) is 73.9 Å². The van der Waals surface area contributed by atoms with Crippen LogP contribution in [0, 0.1) is 5.82 Å². The van der Waals surface area contributed by atoms with E-state index in [2.05, 4.69) is 20.1 Å². The molecule has 4 rings (SSSR count). The number of aromatic nitrogens is 4. The Bertz CT molecular complexity index is 873. The average molecular weight is 340 g/mol. The summed E-state index contributed by atoms with van der Waals surface area (Å²) in [5.41, 5.74) is 0.688. The van der Waals surface area contributed by atoms with E-state index in [1.807, 2.05) is 12.1 Å². The average Bonchev–Trinajstić information content (AvgIpc) is 3.32.